The van der Waals surface area contributed by atoms with Crippen molar-refractivity contribution < 1.29 is 39.3 Å². The predicted molar refractivity (Wildman–Crippen MR) is 115 cm³/mol. The van der Waals surface area contributed by atoms with Crippen LogP contribution < -0.4 is 0 Å². The van der Waals surface area contributed by atoms with Crippen LogP contribution in [0.1, 0.15) is 75.6 Å². The smallest absolute Gasteiger partial charge is 0.481 e. The van der Waals surface area contributed by atoms with Crippen molar-refractivity contribution in [3.05, 3.63) is 70.8 Å². The summed E-state index contributed by atoms with van der Waals surface area (Å²) >= 11 is 0. The molecule has 2 rings (SSSR count). The first kappa shape index (κ1) is 31.7. The van der Waals surface area contributed by atoms with Crippen LogP contribution >= 0.6 is 0 Å². The molecule has 0 saturated heterocycles. The van der Waals surface area contributed by atoms with E-state index in [2.05, 4.69) is 77.9 Å². The van der Waals surface area contributed by atoms with Gasteiger partial charge in [-0.25, -0.2) is 0 Å². The normalized spacial score (nSPS) is 8.90. The van der Waals surface area contributed by atoms with E-state index in [0.29, 0.717) is 11.8 Å². The van der Waals surface area contributed by atoms with Crippen molar-refractivity contribution in [2.24, 2.45) is 0 Å². The Morgan fingerprint density at radius 1 is 0.759 bits per heavy atom. The van der Waals surface area contributed by atoms with Crippen molar-refractivity contribution in [2.45, 2.75) is 67.2 Å². The molecule has 2 aromatic rings. The van der Waals surface area contributed by atoms with Crippen LogP contribution in [-0.4, -0.2) is 22.2 Å². The van der Waals surface area contributed by atoms with Crippen LogP contribution in [-0.2, 0) is 29.1 Å². The molecule has 5 heteroatoms. The molecular formula is C24H34O4Ru. The zero-order valence-corrected chi connectivity index (χ0v) is 20.4. The Balaban J connectivity index is -0.000000336. The van der Waals surface area contributed by atoms with Crippen LogP contribution in [0.4, 0.5) is 0 Å². The number of benzene rings is 2. The Labute approximate surface area is 189 Å². The molecule has 0 spiro atoms. The second kappa shape index (κ2) is 18.1. The Morgan fingerprint density at radius 3 is 1.14 bits per heavy atom. The first-order chi connectivity index (χ1) is 12.9. The summed E-state index contributed by atoms with van der Waals surface area (Å²) < 4.78 is 0. The number of hydrogen-bond donors (Lipinski definition) is 2. The van der Waals surface area contributed by atoms with E-state index in [-0.39, 0.29) is 19.5 Å². The van der Waals surface area contributed by atoms with E-state index in [4.69, 9.17) is 19.8 Å². The quantitative estimate of drug-likeness (QED) is 0.401. The molecule has 0 aliphatic carbocycles. The molecular weight excluding hydrogens is 453 g/mol. The van der Waals surface area contributed by atoms with Gasteiger partial charge in [0.25, 0.3) is 11.9 Å². The number of aryl methyl sites for hydroxylation is 2. The largest absolute Gasteiger partial charge is 2.00 e. The molecule has 0 heterocycles. The van der Waals surface area contributed by atoms with Gasteiger partial charge in [0.05, 0.1) is 0 Å². The minimum atomic E-state index is -0.833. The summed E-state index contributed by atoms with van der Waals surface area (Å²) in [5.41, 5.74) is 5.25. The van der Waals surface area contributed by atoms with Gasteiger partial charge in [-0.3, -0.25) is 9.59 Å². The van der Waals surface area contributed by atoms with E-state index < -0.39 is 11.9 Å². The molecule has 0 saturated carbocycles. The van der Waals surface area contributed by atoms with E-state index in [9.17, 15) is 0 Å². The van der Waals surface area contributed by atoms with Gasteiger partial charge in [0.15, 0.2) is 0 Å². The maximum atomic E-state index is 9.00. The molecule has 2 N–H and O–H groups in total. The monoisotopic (exact) mass is 488 g/mol. The summed E-state index contributed by atoms with van der Waals surface area (Å²) in [4.78, 5) is 18.0. The molecule has 0 fully saturated rings. The first-order valence-corrected chi connectivity index (χ1v) is 9.22. The van der Waals surface area contributed by atoms with E-state index in [0.717, 1.165) is 13.8 Å². The van der Waals surface area contributed by atoms with Crippen LogP contribution in [0.25, 0.3) is 0 Å². The number of carboxylic acid groups (broad SMARTS) is 2. The van der Waals surface area contributed by atoms with E-state index >= 15 is 0 Å². The SMILES string of the molecule is CC(=O)O.CC(=O)O.Cc1cc[c-]c(C(C)C)c1.Cc1cc[c-]c(C(C)C)c1.[Ru+2]. The Kier molecular flexibility index (Phi) is 19.7. The number of aliphatic carboxylic acids is 2. The van der Waals surface area contributed by atoms with Crippen LogP contribution in [0.5, 0.6) is 0 Å². The van der Waals surface area contributed by atoms with Crippen molar-refractivity contribution in [1.82, 2.24) is 0 Å². The summed E-state index contributed by atoms with van der Waals surface area (Å²) in [6, 6.07) is 18.9. The fraction of sp³-hybridized carbons (Fsp3) is 0.417. The van der Waals surface area contributed by atoms with Crippen LogP contribution in [0.15, 0.2) is 36.4 Å². The molecule has 2 aromatic carbocycles. The van der Waals surface area contributed by atoms with Gasteiger partial charge in [-0.05, 0) is 11.8 Å². The molecule has 162 valence electrons. The molecule has 29 heavy (non-hydrogen) atoms. The summed E-state index contributed by atoms with van der Waals surface area (Å²) in [6.45, 7) is 15.1. The summed E-state index contributed by atoms with van der Waals surface area (Å²) in [7, 11) is 0. The average Bonchev–Trinajstić information content (AvgIpc) is 2.54. The molecule has 0 atom stereocenters. The van der Waals surface area contributed by atoms with Crippen molar-refractivity contribution >= 4 is 11.9 Å². The minimum Gasteiger partial charge on any atom is -0.481 e. The summed E-state index contributed by atoms with van der Waals surface area (Å²) in [6.07, 6.45) is 0. The zero-order valence-electron chi connectivity index (χ0n) is 18.7. The predicted octanol–water partition coefficient (Wildman–Crippen LogP) is 6.02. The van der Waals surface area contributed by atoms with Gasteiger partial charge >= 0.3 is 19.5 Å². The molecule has 0 aliphatic rings. The van der Waals surface area contributed by atoms with Gasteiger partial charge in [0.1, 0.15) is 0 Å². The van der Waals surface area contributed by atoms with Gasteiger partial charge in [-0.15, -0.1) is 0 Å². The van der Waals surface area contributed by atoms with Gasteiger partial charge < -0.3 is 10.2 Å². The fourth-order valence-corrected chi connectivity index (χ4v) is 1.88. The average molecular weight is 488 g/mol. The second-order valence-electron chi connectivity index (χ2n) is 6.99. The summed E-state index contributed by atoms with van der Waals surface area (Å²) in [5, 5.41) is 14.8. The van der Waals surface area contributed by atoms with Crippen molar-refractivity contribution in [1.29, 1.82) is 0 Å². The van der Waals surface area contributed by atoms with Gasteiger partial charge in [-0.1, -0.05) is 41.5 Å². The van der Waals surface area contributed by atoms with Crippen LogP contribution in [0, 0.1) is 26.0 Å². The first-order valence-electron chi connectivity index (χ1n) is 9.22. The standard InChI is InChI=1S/2C10H13.2C2H4O2.Ru/c2*1-8(2)10-6-4-5-9(3)7-10;2*1-2(3)4;/h2*4-5,7-8H,1-3H3;2*1H3,(H,3,4);/q2*-1;;;+2. The molecule has 0 radical (unpaired) electrons. The summed E-state index contributed by atoms with van der Waals surface area (Å²) in [5.74, 6) is -0.472. The van der Waals surface area contributed by atoms with Gasteiger partial charge in [0, 0.05) is 13.8 Å². The number of carboxylic acids is 2. The number of hydrogen-bond acceptors (Lipinski definition) is 2. The third-order valence-corrected chi connectivity index (χ3v) is 3.20. The van der Waals surface area contributed by atoms with E-state index in [1.165, 1.54) is 22.3 Å². The molecule has 4 nitrogen and oxygen atoms in total. The minimum absolute atomic E-state index is 0. The van der Waals surface area contributed by atoms with E-state index in [1.807, 2.05) is 12.1 Å². The van der Waals surface area contributed by atoms with Gasteiger partial charge in [-0.2, -0.15) is 70.8 Å². The van der Waals surface area contributed by atoms with Crippen molar-refractivity contribution in [3.8, 4) is 0 Å². The molecule has 0 unspecified atom stereocenters. The Bertz CT molecular complexity index is 640. The Hall–Kier alpha value is -2.00. The van der Waals surface area contributed by atoms with Crippen LogP contribution in [0.3, 0.4) is 0 Å². The molecule has 0 aromatic heterocycles. The molecule has 0 amide bonds. The maximum absolute atomic E-state index is 9.00. The maximum Gasteiger partial charge on any atom is 2.00 e. The zero-order chi connectivity index (χ0) is 22.3. The van der Waals surface area contributed by atoms with E-state index in [1.54, 1.807) is 0 Å². The van der Waals surface area contributed by atoms with Crippen LogP contribution in [0.2, 0.25) is 0 Å². The Morgan fingerprint density at radius 2 is 1.00 bits per heavy atom. The number of rotatable bonds is 2. The second-order valence-corrected chi connectivity index (χ2v) is 6.99. The molecule has 0 aliphatic heterocycles. The third kappa shape index (κ3) is 22.2. The molecule has 0 bridgehead atoms. The van der Waals surface area contributed by atoms with Gasteiger partial charge in [0.2, 0.25) is 0 Å². The third-order valence-electron chi connectivity index (χ3n) is 3.20. The van der Waals surface area contributed by atoms with Crippen molar-refractivity contribution in [2.75, 3.05) is 0 Å². The fourth-order valence-electron chi connectivity index (χ4n) is 1.88. The van der Waals surface area contributed by atoms with Crippen molar-refractivity contribution in [3.63, 3.8) is 0 Å². The topological polar surface area (TPSA) is 74.6 Å². The number of carbonyl (C=O) groups is 2.